The SMILES string of the molecule is CC(CNC(=O)c1ccccc1)c1ccc(Cl)c(Cl)c1. The maximum atomic E-state index is 11.9. The first-order valence-corrected chi connectivity index (χ1v) is 7.11. The molecule has 0 saturated heterocycles. The Hall–Kier alpha value is -1.51. The summed E-state index contributed by atoms with van der Waals surface area (Å²) in [5.41, 5.74) is 1.71. The van der Waals surface area contributed by atoms with Crippen LogP contribution in [0.5, 0.6) is 0 Å². The quantitative estimate of drug-likeness (QED) is 0.883. The number of benzene rings is 2. The van der Waals surface area contributed by atoms with Crippen molar-refractivity contribution in [3.05, 3.63) is 69.7 Å². The van der Waals surface area contributed by atoms with Gasteiger partial charge in [-0.05, 0) is 35.7 Å². The van der Waals surface area contributed by atoms with E-state index in [1.54, 1.807) is 18.2 Å². The smallest absolute Gasteiger partial charge is 0.251 e. The van der Waals surface area contributed by atoms with E-state index in [2.05, 4.69) is 5.32 Å². The Bertz CT molecular complexity index is 599. The molecule has 2 aromatic carbocycles. The second-order valence-electron chi connectivity index (χ2n) is 4.65. The summed E-state index contributed by atoms with van der Waals surface area (Å²) in [6, 6.07) is 14.7. The maximum absolute atomic E-state index is 11.9. The Labute approximate surface area is 128 Å². The molecule has 0 aliphatic rings. The van der Waals surface area contributed by atoms with E-state index in [1.165, 1.54) is 0 Å². The van der Waals surface area contributed by atoms with Crippen molar-refractivity contribution in [2.75, 3.05) is 6.54 Å². The van der Waals surface area contributed by atoms with Crippen LogP contribution in [0, 0.1) is 0 Å². The van der Waals surface area contributed by atoms with Crippen molar-refractivity contribution in [2.45, 2.75) is 12.8 Å². The van der Waals surface area contributed by atoms with E-state index in [0.29, 0.717) is 22.2 Å². The summed E-state index contributed by atoms with van der Waals surface area (Å²) in [5, 5.41) is 3.99. The standard InChI is InChI=1S/C16H15Cl2NO/c1-11(13-7-8-14(17)15(18)9-13)10-19-16(20)12-5-3-2-4-6-12/h2-9,11H,10H2,1H3,(H,19,20). The van der Waals surface area contributed by atoms with Gasteiger partial charge in [0, 0.05) is 12.1 Å². The number of amides is 1. The number of halogens is 2. The molecule has 20 heavy (non-hydrogen) atoms. The Morgan fingerprint density at radius 2 is 1.80 bits per heavy atom. The summed E-state index contributed by atoms with van der Waals surface area (Å²) in [7, 11) is 0. The van der Waals surface area contributed by atoms with E-state index in [0.717, 1.165) is 5.56 Å². The van der Waals surface area contributed by atoms with Crippen LogP contribution in [0.15, 0.2) is 48.5 Å². The summed E-state index contributed by atoms with van der Waals surface area (Å²) in [5.74, 6) is 0.0925. The molecule has 0 heterocycles. The molecule has 0 aliphatic carbocycles. The van der Waals surface area contributed by atoms with Gasteiger partial charge in [0.15, 0.2) is 0 Å². The minimum absolute atomic E-state index is 0.0717. The molecule has 2 nitrogen and oxygen atoms in total. The van der Waals surface area contributed by atoms with Crippen LogP contribution >= 0.6 is 23.2 Å². The van der Waals surface area contributed by atoms with Crippen molar-refractivity contribution in [2.24, 2.45) is 0 Å². The van der Waals surface area contributed by atoms with Gasteiger partial charge >= 0.3 is 0 Å². The average Bonchev–Trinajstić information content (AvgIpc) is 2.48. The van der Waals surface area contributed by atoms with E-state index in [9.17, 15) is 4.79 Å². The first-order valence-electron chi connectivity index (χ1n) is 6.36. The average molecular weight is 308 g/mol. The van der Waals surface area contributed by atoms with Crippen LogP contribution in [0.3, 0.4) is 0 Å². The van der Waals surface area contributed by atoms with Crippen molar-refractivity contribution in [1.82, 2.24) is 5.32 Å². The van der Waals surface area contributed by atoms with Crippen molar-refractivity contribution < 1.29 is 4.79 Å². The zero-order valence-electron chi connectivity index (χ0n) is 11.1. The van der Waals surface area contributed by atoms with Gasteiger partial charge in [0.05, 0.1) is 10.0 Å². The highest BCUT2D eigenvalue weighted by molar-refractivity contribution is 6.42. The predicted molar refractivity (Wildman–Crippen MR) is 83.7 cm³/mol. The second-order valence-corrected chi connectivity index (χ2v) is 5.47. The summed E-state index contributed by atoms with van der Waals surface area (Å²) >= 11 is 11.9. The molecular weight excluding hydrogens is 293 g/mol. The third-order valence-corrected chi connectivity index (χ3v) is 3.86. The minimum atomic E-state index is -0.0717. The molecule has 0 fully saturated rings. The molecule has 0 saturated carbocycles. The zero-order chi connectivity index (χ0) is 14.5. The largest absolute Gasteiger partial charge is 0.351 e. The van der Waals surface area contributed by atoms with Crippen LogP contribution in [0.25, 0.3) is 0 Å². The fourth-order valence-electron chi connectivity index (χ4n) is 1.87. The van der Waals surface area contributed by atoms with E-state index in [-0.39, 0.29) is 11.8 Å². The highest BCUT2D eigenvalue weighted by atomic mass is 35.5. The first kappa shape index (κ1) is 14.9. The monoisotopic (exact) mass is 307 g/mol. The number of rotatable bonds is 4. The number of hydrogen-bond donors (Lipinski definition) is 1. The normalized spacial score (nSPS) is 11.9. The van der Waals surface area contributed by atoms with E-state index in [4.69, 9.17) is 23.2 Å². The Morgan fingerprint density at radius 3 is 2.45 bits per heavy atom. The van der Waals surface area contributed by atoms with Crippen LogP contribution in [0.4, 0.5) is 0 Å². The number of hydrogen-bond acceptors (Lipinski definition) is 1. The summed E-state index contributed by atoms with van der Waals surface area (Å²) in [4.78, 5) is 11.9. The number of carbonyl (C=O) groups excluding carboxylic acids is 1. The van der Waals surface area contributed by atoms with Crippen LogP contribution in [-0.2, 0) is 0 Å². The fourth-order valence-corrected chi connectivity index (χ4v) is 2.18. The van der Waals surface area contributed by atoms with Gasteiger partial charge in [-0.2, -0.15) is 0 Å². The van der Waals surface area contributed by atoms with Gasteiger partial charge in [-0.3, -0.25) is 4.79 Å². The molecule has 1 atom stereocenters. The molecule has 1 N–H and O–H groups in total. The van der Waals surface area contributed by atoms with Crippen LogP contribution in [0.2, 0.25) is 10.0 Å². The zero-order valence-corrected chi connectivity index (χ0v) is 12.6. The molecule has 0 spiro atoms. The molecule has 104 valence electrons. The lowest BCUT2D eigenvalue weighted by Crippen LogP contribution is -2.27. The lowest BCUT2D eigenvalue weighted by Gasteiger charge is -2.14. The Kier molecular flexibility index (Phi) is 5.05. The van der Waals surface area contributed by atoms with Crippen LogP contribution < -0.4 is 5.32 Å². The van der Waals surface area contributed by atoms with Crippen molar-refractivity contribution in [3.63, 3.8) is 0 Å². The second kappa shape index (κ2) is 6.78. The molecular formula is C16H15Cl2NO. The van der Waals surface area contributed by atoms with Gasteiger partial charge in [-0.15, -0.1) is 0 Å². The minimum Gasteiger partial charge on any atom is -0.351 e. The molecule has 1 amide bonds. The van der Waals surface area contributed by atoms with Crippen molar-refractivity contribution in [3.8, 4) is 0 Å². The van der Waals surface area contributed by atoms with Gasteiger partial charge in [-0.1, -0.05) is 54.4 Å². The predicted octanol–water partition coefficient (Wildman–Crippen LogP) is 4.53. The molecule has 2 rings (SSSR count). The molecule has 0 aliphatic heterocycles. The third kappa shape index (κ3) is 3.75. The summed E-state index contributed by atoms with van der Waals surface area (Å²) < 4.78 is 0. The molecule has 2 aromatic rings. The number of carbonyl (C=O) groups is 1. The molecule has 0 radical (unpaired) electrons. The molecule has 0 bridgehead atoms. The topological polar surface area (TPSA) is 29.1 Å². The van der Waals surface area contributed by atoms with Gasteiger partial charge < -0.3 is 5.32 Å². The maximum Gasteiger partial charge on any atom is 0.251 e. The van der Waals surface area contributed by atoms with Gasteiger partial charge in [-0.25, -0.2) is 0 Å². The Morgan fingerprint density at radius 1 is 1.10 bits per heavy atom. The van der Waals surface area contributed by atoms with E-state index < -0.39 is 0 Å². The van der Waals surface area contributed by atoms with Crippen LogP contribution in [-0.4, -0.2) is 12.5 Å². The van der Waals surface area contributed by atoms with Gasteiger partial charge in [0.25, 0.3) is 5.91 Å². The van der Waals surface area contributed by atoms with E-state index in [1.807, 2.05) is 37.3 Å². The third-order valence-electron chi connectivity index (χ3n) is 3.12. The summed E-state index contributed by atoms with van der Waals surface area (Å²) in [6.45, 7) is 2.58. The lowest BCUT2D eigenvalue weighted by molar-refractivity contribution is 0.0951. The number of nitrogens with one attached hydrogen (secondary N) is 1. The molecule has 1 unspecified atom stereocenters. The molecule has 0 aromatic heterocycles. The highest BCUT2D eigenvalue weighted by Gasteiger charge is 2.10. The first-order chi connectivity index (χ1) is 9.58. The van der Waals surface area contributed by atoms with Crippen molar-refractivity contribution >= 4 is 29.1 Å². The molecule has 4 heteroatoms. The Balaban J connectivity index is 1.96. The van der Waals surface area contributed by atoms with Gasteiger partial charge in [0.2, 0.25) is 0 Å². The summed E-state index contributed by atoms with van der Waals surface area (Å²) in [6.07, 6.45) is 0. The fraction of sp³-hybridized carbons (Fsp3) is 0.188. The highest BCUT2D eigenvalue weighted by Crippen LogP contribution is 2.26. The van der Waals surface area contributed by atoms with Gasteiger partial charge in [0.1, 0.15) is 0 Å². The lowest BCUT2D eigenvalue weighted by atomic mass is 10.0. The van der Waals surface area contributed by atoms with E-state index >= 15 is 0 Å². The van der Waals surface area contributed by atoms with Crippen LogP contribution in [0.1, 0.15) is 28.8 Å². The van der Waals surface area contributed by atoms with Crippen molar-refractivity contribution in [1.29, 1.82) is 0 Å².